The van der Waals surface area contributed by atoms with E-state index in [1.54, 1.807) is 69.6 Å². The van der Waals surface area contributed by atoms with Gasteiger partial charge in [-0.2, -0.15) is 0 Å². The van der Waals surface area contributed by atoms with Gasteiger partial charge in [0.1, 0.15) is 6.04 Å². The van der Waals surface area contributed by atoms with Crippen molar-refractivity contribution >= 4 is 38.3 Å². The molecule has 0 saturated heterocycles. The number of para-hydroxylation sites is 1. The number of carbonyl (C=O) groups excluding carboxylic acids is 1. The summed E-state index contributed by atoms with van der Waals surface area (Å²) in [6.45, 7) is 1.76. The number of nitrogens with zero attached hydrogens (tertiary/aromatic N) is 3. The first-order valence-corrected chi connectivity index (χ1v) is 11.0. The highest BCUT2D eigenvalue weighted by molar-refractivity contribution is 7.92. The van der Waals surface area contributed by atoms with Crippen LogP contribution in [0.2, 0.25) is 0 Å². The zero-order valence-corrected chi connectivity index (χ0v) is 17.6. The van der Waals surface area contributed by atoms with Crippen LogP contribution in [0.1, 0.15) is 13.3 Å². The molecule has 3 aromatic rings. The molecule has 2 aromatic carbocycles. The predicted molar refractivity (Wildman–Crippen MR) is 115 cm³/mol. The Kier molecular flexibility index (Phi) is 5.52. The monoisotopic (exact) mass is 416 g/mol. The fourth-order valence-electron chi connectivity index (χ4n) is 3.45. The van der Waals surface area contributed by atoms with Crippen molar-refractivity contribution in [2.24, 2.45) is 14.1 Å². The number of carbonyl (C=O) groups is 1. The van der Waals surface area contributed by atoms with Crippen LogP contribution in [0.4, 0.5) is 11.4 Å². The van der Waals surface area contributed by atoms with Crippen molar-refractivity contribution in [2.75, 3.05) is 15.9 Å². The van der Waals surface area contributed by atoms with Gasteiger partial charge in [0.25, 0.3) is 0 Å². The topological polar surface area (TPSA) is 93.4 Å². The largest absolute Gasteiger partial charge is 0.328 e. The van der Waals surface area contributed by atoms with E-state index in [0.717, 1.165) is 16.1 Å². The Morgan fingerprint density at radius 2 is 1.69 bits per heavy atom. The number of fused-ring (bicyclic) bond motifs is 1. The van der Waals surface area contributed by atoms with Gasteiger partial charge in [0, 0.05) is 19.8 Å². The minimum Gasteiger partial charge on any atom is -0.324 e. The number of amides is 1. The number of imidazole rings is 1. The van der Waals surface area contributed by atoms with Crippen molar-refractivity contribution < 1.29 is 13.2 Å². The number of hydrogen-bond donors (Lipinski definition) is 1. The van der Waals surface area contributed by atoms with Crippen molar-refractivity contribution in [3.8, 4) is 0 Å². The second-order valence-corrected chi connectivity index (χ2v) is 8.77. The first kappa shape index (κ1) is 20.7. The molecule has 8 nitrogen and oxygen atoms in total. The molecule has 154 valence electrons. The number of hydrogen-bond acceptors (Lipinski definition) is 4. The summed E-state index contributed by atoms with van der Waals surface area (Å²) in [4.78, 5) is 25.1. The van der Waals surface area contributed by atoms with E-state index in [0.29, 0.717) is 23.3 Å². The minimum atomic E-state index is -3.69. The van der Waals surface area contributed by atoms with Gasteiger partial charge in [-0.3, -0.25) is 18.2 Å². The van der Waals surface area contributed by atoms with Gasteiger partial charge in [0.15, 0.2) is 0 Å². The smallest absolute Gasteiger partial charge is 0.324 e. The lowest BCUT2D eigenvalue weighted by Crippen LogP contribution is -2.46. The maximum absolute atomic E-state index is 13.0. The predicted octanol–water partition coefficient (Wildman–Crippen LogP) is 2.06. The van der Waals surface area contributed by atoms with Gasteiger partial charge in [-0.05, 0) is 36.8 Å². The fraction of sp³-hybridized carbons (Fsp3) is 0.300. The molecule has 0 saturated carbocycles. The third-order valence-electron chi connectivity index (χ3n) is 4.88. The van der Waals surface area contributed by atoms with Crippen LogP contribution in [0.5, 0.6) is 0 Å². The molecule has 0 bridgehead atoms. The summed E-state index contributed by atoms with van der Waals surface area (Å²) in [6.07, 6.45) is 1.38. The highest BCUT2D eigenvalue weighted by atomic mass is 32.2. The molecule has 0 fully saturated rings. The summed E-state index contributed by atoms with van der Waals surface area (Å²) in [5.74, 6) is -0.443. The van der Waals surface area contributed by atoms with Crippen LogP contribution < -0.4 is 15.3 Å². The SMILES string of the molecule is CC[C@H](C(=O)Nc1ccc2c(c1)n(C)c(=O)n2C)N(c1ccccc1)S(C)(=O)=O. The Labute approximate surface area is 169 Å². The molecule has 9 heteroatoms. The standard InChI is InChI=1S/C20H24N4O4S/c1-5-16(24(29(4,27)28)15-9-7-6-8-10-15)19(25)21-14-11-12-17-18(13-14)23(3)20(26)22(17)2/h6-13,16H,5H2,1-4H3,(H,21,25)/t16-/m1/s1. The van der Waals surface area contributed by atoms with E-state index >= 15 is 0 Å². The molecule has 0 spiro atoms. The molecule has 0 radical (unpaired) electrons. The van der Waals surface area contributed by atoms with Crippen LogP contribution in [-0.2, 0) is 28.9 Å². The molecule has 1 heterocycles. The summed E-state index contributed by atoms with van der Waals surface area (Å²) >= 11 is 0. The first-order chi connectivity index (χ1) is 13.6. The maximum Gasteiger partial charge on any atom is 0.328 e. The van der Waals surface area contributed by atoms with Crippen molar-refractivity contribution in [2.45, 2.75) is 19.4 Å². The summed E-state index contributed by atoms with van der Waals surface area (Å²) in [7, 11) is -0.347. The average molecular weight is 417 g/mol. The molecule has 0 aliphatic heterocycles. The number of benzene rings is 2. The molecule has 29 heavy (non-hydrogen) atoms. The highest BCUT2D eigenvalue weighted by Crippen LogP contribution is 2.24. The molecule has 3 rings (SSSR count). The molecule has 1 atom stereocenters. The average Bonchev–Trinajstić information content (AvgIpc) is 2.89. The van der Waals surface area contributed by atoms with Crippen LogP contribution in [0.3, 0.4) is 0 Å². The van der Waals surface area contributed by atoms with E-state index in [2.05, 4.69) is 5.32 Å². The Bertz CT molecular complexity index is 1210. The first-order valence-electron chi connectivity index (χ1n) is 9.16. The third-order valence-corrected chi connectivity index (χ3v) is 6.06. The Hall–Kier alpha value is -3.07. The van der Waals surface area contributed by atoms with E-state index in [9.17, 15) is 18.0 Å². The number of anilines is 2. The second kappa shape index (κ2) is 7.75. The number of rotatable bonds is 6. The lowest BCUT2D eigenvalue weighted by Gasteiger charge is -2.30. The molecule has 0 aliphatic rings. The van der Waals surface area contributed by atoms with Crippen molar-refractivity contribution in [3.05, 3.63) is 59.0 Å². The highest BCUT2D eigenvalue weighted by Gasteiger charge is 2.31. The number of aromatic nitrogens is 2. The number of nitrogens with one attached hydrogen (secondary N) is 1. The van der Waals surface area contributed by atoms with Crippen LogP contribution in [0.15, 0.2) is 53.3 Å². The summed E-state index contributed by atoms with van der Waals surface area (Å²) in [6, 6.07) is 12.8. The van der Waals surface area contributed by atoms with E-state index in [1.807, 2.05) is 0 Å². The minimum absolute atomic E-state index is 0.165. The lowest BCUT2D eigenvalue weighted by molar-refractivity contribution is -0.117. The van der Waals surface area contributed by atoms with Crippen molar-refractivity contribution in [3.63, 3.8) is 0 Å². The third kappa shape index (κ3) is 3.91. The Balaban J connectivity index is 1.96. The normalized spacial score (nSPS) is 12.7. The zero-order valence-electron chi connectivity index (χ0n) is 16.8. The molecule has 0 aliphatic carbocycles. The molecular formula is C20H24N4O4S. The van der Waals surface area contributed by atoms with Gasteiger partial charge in [0.05, 0.1) is 23.0 Å². The Morgan fingerprint density at radius 1 is 1.07 bits per heavy atom. The quantitative estimate of drug-likeness (QED) is 0.666. The van der Waals surface area contributed by atoms with Crippen LogP contribution in [-0.4, -0.2) is 35.8 Å². The molecular weight excluding hydrogens is 392 g/mol. The van der Waals surface area contributed by atoms with E-state index < -0.39 is 22.0 Å². The molecule has 1 N–H and O–H groups in total. The van der Waals surface area contributed by atoms with Crippen LogP contribution in [0.25, 0.3) is 11.0 Å². The lowest BCUT2D eigenvalue weighted by atomic mass is 10.1. The summed E-state index contributed by atoms with van der Waals surface area (Å²) in [5.41, 5.74) is 2.17. The van der Waals surface area contributed by atoms with Crippen molar-refractivity contribution in [1.82, 2.24) is 9.13 Å². The van der Waals surface area contributed by atoms with Crippen molar-refractivity contribution in [1.29, 1.82) is 0 Å². The van der Waals surface area contributed by atoms with E-state index in [1.165, 1.54) is 9.13 Å². The van der Waals surface area contributed by atoms with E-state index in [-0.39, 0.29) is 5.69 Å². The van der Waals surface area contributed by atoms with Gasteiger partial charge in [-0.25, -0.2) is 13.2 Å². The van der Waals surface area contributed by atoms with Gasteiger partial charge in [0.2, 0.25) is 15.9 Å². The molecule has 1 amide bonds. The van der Waals surface area contributed by atoms with Gasteiger partial charge >= 0.3 is 5.69 Å². The Morgan fingerprint density at radius 3 is 2.28 bits per heavy atom. The van der Waals surface area contributed by atoms with E-state index in [4.69, 9.17) is 0 Å². The van der Waals surface area contributed by atoms with Crippen LogP contribution in [0, 0.1) is 0 Å². The number of aryl methyl sites for hydroxylation is 2. The van der Waals surface area contributed by atoms with Gasteiger partial charge in [-0.15, -0.1) is 0 Å². The summed E-state index contributed by atoms with van der Waals surface area (Å²) < 4.78 is 29.1. The zero-order chi connectivity index (χ0) is 21.3. The maximum atomic E-state index is 13.0. The summed E-state index contributed by atoms with van der Waals surface area (Å²) in [5, 5.41) is 2.79. The molecule has 0 unspecified atom stereocenters. The van der Waals surface area contributed by atoms with Gasteiger partial charge < -0.3 is 5.32 Å². The number of sulfonamides is 1. The second-order valence-electron chi connectivity index (χ2n) is 6.91. The van der Waals surface area contributed by atoms with Gasteiger partial charge in [-0.1, -0.05) is 25.1 Å². The molecule has 1 aromatic heterocycles. The van der Waals surface area contributed by atoms with Crippen LogP contribution >= 0.6 is 0 Å². The fourth-order valence-corrected chi connectivity index (χ4v) is 4.66.